The number of aliphatic hydroxyl groups excluding tert-OH is 1. The molecule has 1 aromatic rings. The fraction of sp³-hybridized carbons (Fsp3) is 0.692. The minimum Gasteiger partial charge on any atom is -0.396 e. The molecule has 0 aliphatic heterocycles. The third kappa shape index (κ3) is 3.30. The molecule has 90 valence electrons. The van der Waals surface area contributed by atoms with Crippen molar-refractivity contribution in [3.8, 4) is 0 Å². The van der Waals surface area contributed by atoms with E-state index in [0.29, 0.717) is 18.6 Å². The van der Waals surface area contributed by atoms with Crippen molar-refractivity contribution in [2.75, 3.05) is 13.2 Å². The van der Waals surface area contributed by atoms with Crippen LogP contribution in [-0.4, -0.2) is 18.3 Å². The van der Waals surface area contributed by atoms with Crippen LogP contribution in [0.1, 0.15) is 37.1 Å². The van der Waals surface area contributed by atoms with Gasteiger partial charge in [0, 0.05) is 17.5 Å². The Morgan fingerprint density at radius 2 is 2.38 bits per heavy atom. The lowest BCUT2D eigenvalue weighted by molar-refractivity contribution is 0.256. The highest BCUT2D eigenvalue weighted by Gasteiger charge is 2.32. The van der Waals surface area contributed by atoms with Crippen LogP contribution in [0, 0.1) is 11.8 Å². The van der Waals surface area contributed by atoms with Crippen LogP contribution in [-0.2, 0) is 0 Å². The summed E-state index contributed by atoms with van der Waals surface area (Å²) >= 11 is 1.85. The molecule has 1 saturated carbocycles. The second-order valence-electron chi connectivity index (χ2n) is 4.86. The Balaban J connectivity index is 1.84. The average molecular weight is 239 g/mol. The first kappa shape index (κ1) is 12.1. The predicted octanol–water partition coefficient (Wildman–Crippen LogP) is 2.81. The molecule has 2 N–H and O–H groups in total. The maximum absolute atomic E-state index is 8.88. The summed E-state index contributed by atoms with van der Waals surface area (Å²) in [5.41, 5.74) is 0. The molecule has 1 aromatic heterocycles. The Bertz CT molecular complexity index is 295. The average Bonchev–Trinajstić information content (AvgIpc) is 2.94. The molecule has 16 heavy (non-hydrogen) atoms. The molecule has 0 amide bonds. The van der Waals surface area contributed by atoms with E-state index in [4.69, 9.17) is 5.11 Å². The second kappa shape index (κ2) is 5.80. The summed E-state index contributed by atoms with van der Waals surface area (Å²) < 4.78 is 0. The van der Waals surface area contributed by atoms with Crippen molar-refractivity contribution in [1.82, 2.24) is 5.32 Å². The Labute approximate surface area is 102 Å². The lowest BCUT2D eigenvalue weighted by Crippen LogP contribution is -2.27. The highest BCUT2D eigenvalue weighted by atomic mass is 32.1. The normalized spacial score (nSPS) is 19.6. The summed E-state index contributed by atoms with van der Waals surface area (Å²) in [7, 11) is 0. The summed E-state index contributed by atoms with van der Waals surface area (Å²) in [6.07, 6.45) is 3.63. The topological polar surface area (TPSA) is 32.3 Å². The van der Waals surface area contributed by atoms with Gasteiger partial charge in [0.2, 0.25) is 0 Å². The van der Waals surface area contributed by atoms with E-state index < -0.39 is 0 Å². The van der Waals surface area contributed by atoms with Crippen LogP contribution < -0.4 is 5.32 Å². The molecular formula is C13H21NOS. The van der Waals surface area contributed by atoms with Crippen molar-refractivity contribution in [3.05, 3.63) is 22.4 Å². The van der Waals surface area contributed by atoms with Crippen molar-refractivity contribution in [1.29, 1.82) is 0 Å². The molecule has 1 aliphatic carbocycles. The molecule has 2 rings (SSSR count). The van der Waals surface area contributed by atoms with E-state index in [1.54, 1.807) is 0 Å². The van der Waals surface area contributed by atoms with Gasteiger partial charge in [-0.25, -0.2) is 0 Å². The number of nitrogens with one attached hydrogen (secondary N) is 1. The zero-order valence-electron chi connectivity index (χ0n) is 9.86. The van der Waals surface area contributed by atoms with Gasteiger partial charge >= 0.3 is 0 Å². The van der Waals surface area contributed by atoms with Gasteiger partial charge in [-0.15, -0.1) is 11.3 Å². The third-order valence-corrected chi connectivity index (χ3v) is 4.21. The molecule has 2 unspecified atom stereocenters. The minimum atomic E-state index is 0.302. The first-order chi connectivity index (χ1) is 7.81. The molecule has 0 saturated heterocycles. The van der Waals surface area contributed by atoms with Crippen molar-refractivity contribution >= 4 is 11.3 Å². The van der Waals surface area contributed by atoms with Crippen LogP contribution in [0.4, 0.5) is 0 Å². The number of rotatable bonds is 7. The number of hydrogen-bond acceptors (Lipinski definition) is 3. The Kier molecular flexibility index (Phi) is 4.38. The third-order valence-electron chi connectivity index (χ3n) is 3.25. The molecule has 2 nitrogen and oxygen atoms in total. The van der Waals surface area contributed by atoms with Crippen LogP contribution in [0.15, 0.2) is 17.5 Å². The zero-order valence-corrected chi connectivity index (χ0v) is 10.7. The van der Waals surface area contributed by atoms with Gasteiger partial charge in [0.05, 0.1) is 0 Å². The van der Waals surface area contributed by atoms with Crippen LogP contribution in [0.25, 0.3) is 0 Å². The zero-order chi connectivity index (χ0) is 11.4. The van der Waals surface area contributed by atoms with E-state index in [1.807, 2.05) is 11.3 Å². The van der Waals surface area contributed by atoms with Gasteiger partial charge in [-0.05, 0) is 49.1 Å². The molecule has 0 bridgehead atoms. The number of aliphatic hydroxyl groups is 1. The van der Waals surface area contributed by atoms with Crippen LogP contribution in [0.5, 0.6) is 0 Å². The Morgan fingerprint density at radius 3 is 2.94 bits per heavy atom. The molecule has 3 heteroatoms. The van der Waals surface area contributed by atoms with Crippen LogP contribution in [0.2, 0.25) is 0 Å². The van der Waals surface area contributed by atoms with E-state index in [0.717, 1.165) is 18.9 Å². The lowest BCUT2D eigenvalue weighted by Gasteiger charge is -2.19. The van der Waals surface area contributed by atoms with E-state index in [2.05, 4.69) is 29.8 Å². The van der Waals surface area contributed by atoms with E-state index >= 15 is 0 Å². The van der Waals surface area contributed by atoms with Gasteiger partial charge in [0.1, 0.15) is 0 Å². The first-order valence-electron chi connectivity index (χ1n) is 6.19. The van der Waals surface area contributed by atoms with Gasteiger partial charge in [0.15, 0.2) is 0 Å². The van der Waals surface area contributed by atoms with E-state index in [-0.39, 0.29) is 0 Å². The van der Waals surface area contributed by atoms with Crippen molar-refractivity contribution in [3.63, 3.8) is 0 Å². The van der Waals surface area contributed by atoms with Crippen molar-refractivity contribution in [2.45, 2.75) is 32.2 Å². The summed E-state index contributed by atoms with van der Waals surface area (Å²) in [5.74, 6) is 1.41. The minimum absolute atomic E-state index is 0.302. The summed E-state index contributed by atoms with van der Waals surface area (Å²) in [4.78, 5) is 1.47. The predicted molar refractivity (Wildman–Crippen MR) is 68.7 cm³/mol. The van der Waals surface area contributed by atoms with E-state index in [1.165, 1.54) is 17.7 Å². The van der Waals surface area contributed by atoms with Crippen molar-refractivity contribution < 1.29 is 5.11 Å². The second-order valence-corrected chi connectivity index (χ2v) is 5.84. The molecule has 0 radical (unpaired) electrons. The molecule has 2 atom stereocenters. The Hall–Kier alpha value is -0.380. The highest BCUT2D eigenvalue weighted by Crippen LogP contribution is 2.42. The monoisotopic (exact) mass is 239 g/mol. The van der Waals surface area contributed by atoms with Gasteiger partial charge in [-0.3, -0.25) is 0 Å². The SMILES string of the molecule is CC(CCO)CNC(c1cccs1)C1CC1. The molecular weight excluding hydrogens is 218 g/mol. The van der Waals surface area contributed by atoms with Gasteiger partial charge in [-0.1, -0.05) is 13.0 Å². The largest absolute Gasteiger partial charge is 0.396 e. The summed E-state index contributed by atoms with van der Waals surface area (Å²) in [5, 5.41) is 14.7. The van der Waals surface area contributed by atoms with Gasteiger partial charge < -0.3 is 10.4 Å². The lowest BCUT2D eigenvalue weighted by atomic mass is 10.1. The molecule has 0 spiro atoms. The molecule has 0 aromatic carbocycles. The number of hydrogen-bond donors (Lipinski definition) is 2. The standard InChI is InChI=1S/C13H21NOS/c1-10(6-7-15)9-14-13(11-4-5-11)12-3-2-8-16-12/h2-3,8,10-11,13-15H,4-7,9H2,1H3. The molecule has 1 heterocycles. The smallest absolute Gasteiger partial charge is 0.0443 e. The summed E-state index contributed by atoms with van der Waals surface area (Å²) in [6.45, 7) is 3.51. The van der Waals surface area contributed by atoms with Crippen LogP contribution in [0.3, 0.4) is 0 Å². The van der Waals surface area contributed by atoms with Crippen LogP contribution >= 0.6 is 11.3 Å². The van der Waals surface area contributed by atoms with Gasteiger partial charge in [0.25, 0.3) is 0 Å². The van der Waals surface area contributed by atoms with E-state index in [9.17, 15) is 0 Å². The van der Waals surface area contributed by atoms with Crippen molar-refractivity contribution in [2.24, 2.45) is 11.8 Å². The highest BCUT2D eigenvalue weighted by molar-refractivity contribution is 7.10. The maximum atomic E-state index is 8.88. The number of thiophene rings is 1. The first-order valence-corrected chi connectivity index (χ1v) is 7.07. The fourth-order valence-electron chi connectivity index (χ4n) is 2.05. The Morgan fingerprint density at radius 1 is 1.56 bits per heavy atom. The quantitative estimate of drug-likeness (QED) is 0.767. The molecule has 1 aliphatic rings. The summed E-state index contributed by atoms with van der Waals surface area (Å²) in [6, 6.07) is 4.92. The maximum Gasteiger partial charge on any atom is 0.0443 e. The molecule has 1 fully saturated rings. The fourth-order valence-corrected chi connectivity index (χ4v) is 2.94. The van der Waals surface area contributed by atoms with Gasteiger partial charge in [-0.2, -0.15) is 0 Å².